The third kappa shape index (κ3) is 5.78. The Bertz CT molecular complexity index is 925. The van der Waals surface area contributed by atoms with Crippen molar-refractivity contribution in [2.24, 2.45) is 5.92 Å². The maximum atomic E-state index is 13.1. The second-order valence-electron chi connectivity index (χ2n) is 6.98. The minimum Gasteiger partial charge on any atom is -0.382 e. The largest absolute Gasteiger partial charge is 0.382 e. The van der Waals surface area contributed by atoms with Gasteiger partial charge in [0.1, 0.15) is 5.92 Å². The van der Waals surface area contributed by atoms with Crippen molar-refractivity contribution in [3.05, 3.63) is 28.3 Å². The average molecular weight is 475 g/mol. The average Bonchev–Trinajstić information content (AvgIpc) is 2.72. The lowest BCUT2D eigenvalue weighted by molar-refractivity contribution is -0.151. The van der Waals surface area contributed by atoms with Gasteiger partial charge in [0.15, 0.2) is 33.5 Å². The number of ketones is 3. The molecule has 0 bridgehead atoms. The molecule has 31 heavy (non-hydrogen) atoms. The number of methoxy groups -OCH3 is 1. The van der Waals surface area contributed by atoms with Crippen molar-refractivity contribution in [1.82, 2.24) is 0 Å². The van der Waals surface area contributed by atoms with E-state index in [1.165, 1.54) is 26.2 Å². The quantitative estimate of drug-likeness (QED) is 0.208. The zero-order chi connectivity index (χ0) is 23.2. The van der Waals surface area contributed by atoms with Gasteiger partial charge in [-0.15, -0.1) is 0 Å². The van der Waals surface area contributed by atoms with Crippen molar-refractivity contribution < 1.29 is 37.0 Å². The predicted molar refractivity (Wildman–Crippen MR) is 113 cm³/mol. The molecule has 1 aliphatic carbocycles. The van der Waals surface area contributed by atoms with E-state index in [1.54, 1.807) is 6.92 Å². The van der Waals surface area contributed by atoms with Gasteiger partial charge in [-0.3, -0.25) is 14.4 Å². The highest BCUT2D eigenvalue weighted by molar-refractivity contribution is 7.91. The first-order valence-electron chi connectivity index (χ1n) is 10.1. The first-order valence-corrected chi connectivity index (χ1v) is 12.1. The Morgan fingerprint density at radius 2 is 1.77 bits per heavy atom. The second-order valence-corrected chi connectivity index (χ2v) is 9.60. The lowest BCUT2D eigenvalue weighted by atomic mass is 9.81. The van der Waals surface area contributed by atoms with Gasteiger partial charge in [0.25, 0.3) is 0 Å². The second kappa shape index (κ2) is 11.3. The number of sulfone groups is 1. The standard InChI is InChI=1S/C21H27ClO8S/c1-4-29-21(30-12-11-28-3)18-16(31(26,27)5-2)10-9-13(19(18)22)20(25)17-14(23)7-6-8-15(17)24/h9-10,17,21H,4-8,11-12H2,1-3H3. The van der Waals surface area contributed by atoms with Crippen molar-refractivity contribution in [2.45, 2.75) is 44.3 Å². The van der Waals surface area contributed by atoms with Crippen LogP contribution in [0.25, 0.3) is 0 Å². The molecule has 0 aliphatic heterocycles. The molecule has 0 heterocycles. The number of rotatable bonds is 11. The Labute approximate surface area is 187 Å². The molecule has 1 aromatic carbocycles. The molecule has 0 saturated heterocycles. The van der Waals surface area contributed by atoms with E-state index in [1.807, 2.05) is 0 Å². The summed E-state index contributed by atoms with van der Waals surface area (Å²) in [5.74, 6) is -3.29. The first-order chi connectivity index (χ1) is 14.7. The summed E-state index contributed by atoms with van der Waals surface area (Å²) >= 11 is 6.53. The lowest BCUT2D eigenvalue weighted by Gasteiger charge is -2.24. The van der Waals surface area contributed by atoms with Crippen LogP contribution in [0.3, 0.4) is 0 Å². The van der Waals surface area contributed by atoms with Crippen LogP contribution in [0.2, 0.25) is 5.02 Å². The molecular weight excluding hydrogens is 448 g/mol. The van der Waals surface area contributed by atoms with E-state index in [-0.39, 0.29) is 59.5 Å². The number of carbonyl (C=O) groups excluding carboxylic acids is 3. The van der Waals surface area contributed by atoms with E-state index in [0.717, 1.165) is 0 Å². The monoisotopic (exact) mass is 474 g/mol. The maximum absolute atomic E-state index is 13.1. The van der Waals surface area contributed by atoms with E-state index in [9.17, 15) is 22.8 Å². The van der Waals surface area contributed by atoms with Crippen molar-refractivity contribution in [1.29, 1.82) is 0 Å². The molecule has 10 heteroatoms. The minimum atomic E-state index is -3.76. The summed E-state index contributed by atoms with van der Waals surface area (Å²) in [6, 6.07) is 2.49. The van der Waals surface area contributed by atoms with Crippen LogP contribution in [0.1, 0.15) is 55.3 Å². The first kappa shape index (κ1) is 25.6. The van der Waals surface area contributed by atoms with Crippen LogP contribution in [0, 0.1) is 5.92 Å². The highest BCUT2D eigenvalue weighted by Crippen LogP contribution is 2.37. The molecule has 1 aliphatic rings. The molecule has 0 aromatic heterocycles. The van der Waals surface area contributed by atoms with Gasteiger partial charge in [-0.05, 0) is 25.5 Å². The Balaban J connectivity index is 2.63. The van der Waals surface area contributed by atoms with Crippen LogP contribution in [0.15, 0.2) is 17.0 Å². The third-order valence-electron chi connectivity index (χ3n) is 4.98. The molecule has 8 nitrogen and oxygen atoms in total. The number of benzene rings is 1. The van der Waals surface area contributed by atoms with Crippen LogP contribution in [0.5, 0.6) is 0 Å². The smallest absolute Gasteiger partial charge is 0.186 e. The number of Topliss-reactive ketones (excluding diaryl/α,β-unsaturated/α-hetero) is 3. The molecule has 0 N–H and O–H groups in total. The van der Waals surface area contributed by atoms with Crippen LogP contribution in [0.4, 0.5) is 0 Å². The number of halogens is 1. The van der Waals surface area contributed by atoms with Gasteiger partial charge in [0, 0.05) is 37.7 Å². The summed E-state index contributed by atoms with van der Waals surface area (Å²) in [5.41, 5.74) is -0.136. The van der Waals surface area contributed by atoms with E-state index >= 15 is 0 Å². The van der Waals surface area contributed by atoms with Gasteiger partial charge in [0.05, 0.1) is 28.9 Å². The Hall–Kier alpha value is -1.65. The molecule has 1 atom stereocenters. The zero-order valence-electron chi connectivity index (χ0n) is 17.8. The topological polar surface area (TPSA) is 113 Å². The van der Waals surface area contributed by atoms with Crippen molar-refractivity contribution in [2.75, 3.05) is 32.7 Å². The molecule has 1 aromatic rings. The molecule has 0 amide bonds. The van der Waals surface area contributed by atoms with Gasteiger partial charge in [-0.1, -0.05) is 18.5 Å². The molecule has 1 fully saturated rings. The van der Waals surface area contributed by atoms with Crippen molar-refractivity contribution in [3.8, 4) is 0 Å². The van der Waals surface area contributed by atoms with Crippen molar-refractivity contribution in [3.63, 3.8) is 0 Å². The Morgan fingerprint density at radius 3 is 2.32 bits per heavy atom. The van der Waals surface area contributed by atoms with Crippen molar-refractivity contribution >= 4 is 38.8 Å². The SMILES string of the molecule is CCOC(OCCOC)c1c(S(=O)(=O)CC)ccc(C(=O)C2C(=O)CCCC2=O)c1Cl. The van der Waals surface area contributed by atoms with Gasteiger partial charge < -0.3 is 14.2 Å². The molecule has 1 unspecified atom stereocenters. The van der Waals surface area contributed by atoms with Crippen LogP contribution in [-0.2, 0) is 33.6 Å². The lowest BCUT2D eigenvalue weighted by Crippen LogP contribution is -2.35. The van der Waals surface area contributed by atoms with E-state index in [4.69, 9.17) is 25.8 Å². The molecule has 1 saturated carbocycles. The highest BCUT2D eigenvalue weighted by Gasteiger charge is 2.39. The van der Waals surface area contributed by atoms with Gasteiger partial charge in [0.2, 0.25) is 0 Å². The van der Waals surface area contributed by atoms with Crippen LogP contribution < -0.4 is 0 Å². The van der Waals surface area contributed by atoms with Gasteiger partial charge >= 0.3 is 0 Å². The zero-order valence-corrected chi connectivity index (χ0v) is 19.4. The third-order valence-corrected chi connectivity index (χ3v) is 7.18. The molecule has 172 valence electrons. The molecule has 0 radical (unpaired) electrons. The fourth-order valence-corrected chi connectivity index (χ4v) is 4.89. The predicted octanol–water partition coefficient (Wildman–Crippen LogP) is 2.95. The number of ether oxygens (including phenoxy) is 3. The summed E-state index contributed by atoms with van der Waals surface area (Å²) in [6.45, 7) is 3.66. The minimum absolute atomic E-state index is 0.0250. The maximum Gasteiger partial charge on any atom is 0.186 e. The number of carbonyl (C=O) groups is 3. The molecule has 2 rings (SSSR count). The molecular formula is C21H27ClO8S. The normalized spacial score (nSPS) is 16.5. The van der Waals surface area contributed by atoms with E-state index < -0.39 is 39.4 Å². The summed E-state index contributed by atoms with van der Waals surface area (Å²) in [5, 5.41) is -0.207. The number of hydrogen-bond acceptors (Lipinski definition) is 8. The van der Waals surface area contributed by atoms with Crippen LogP contribution >= 0.6 is 11.6 Å². The summed E-state index contributed by atoms with van der Waals surface area (Å²) in [4.78, 5) is 37.5. The van der Waals surface area contributed by atoms with E-state index in [2.05, 4.69) is 0 Å². The Morgan fingerprint density at radius 1 is 1.13 bits per heavy atom. The van der Waals surface area contributed by atoms with Gasteiger partial charge in [-0.25, -0.2) is 8.42 Å². The fourth-order valence-electron chi connectivity index (χ4n) is 3.37. The summed E-state index contributed by atoms with van der Waals surface area (Å²) in [6.07, 6.45) is -0.504. The van der Waals surface area contributed by atoms with Crippen LogP contribution in [-0.4, -0.2) is 58.5 Å². The highest BCUT2D eigenvalue weighted by atomic mass is 35.5. The fraction of sp³-hybridized carbons (Fsp3) is 0.571. The summed E-state index contributed by atoms with van der Waals surface area (Å²) in [7, 11) is -2.27. The molecule has 0 spiro atoms. The van der Waals surface area contributed by atoms with E-state index in [0.29, 0.717) is 6.42 Å². The number of hydrogen-bond donors (Lipinski definition) is 0. The van der Waals surface area contributed by atoms with Gasteiger partial charge in [-0.2, -0.15) is 0 Å². The Kier molecular flexibility index (Phi) is 9.32. The summed E-state index contributed by atoms with van der Waals surface area (Å²) < 4.78 is 41.6.